The number of nitrogens with zero attached hydrogens (tertiary/aromatic N) is 2. The van der Waals surface area contributed by atoms with Gasteiger partial charge in [-0.05, 0) is 19.1 Å². The third kappa shape index (κ3) is 2.08. The lowest BCUT2D eigenvalue weighted by molar-refractivity contribution is 1.19. The molecule has 0 saturated heterocycles. The summed E-state index contributed by atoms with van der Waals surface area (Å²) < 4.78 is 0. The van der Waals surface area contributed by atoms with E-state index in [0.717, 1.165) is 11.3 Å². The van der Waals surface area contributed by atoms with Crippen LogP contribution in [-0.2, 0) is 0 Å². The van der Waals surface area contributed by atoms with Crippen molar-refractivity contribution in [1.82, 2.24) is 4.98 Å². The number of hydrogen-bond donors (Lipinski definition) is 0. The van der Waals surface area contributed by atoms with Crippen LogP contribution in [0.5, 0.6) is 0 Å². The second kappa shape index (κ2) is 3.89. The fraction of sp³-hybridized carbons (Fsp3) is 0.111. The first-order chi connectivity index (χ1) is 5.74. The lowest BCUT2D eigenvalue weighted by Gasteiger charge is -1.96. The van der Waals surface area contributed by atoms with E-state index in [0.29, 0.717) is 5.15 Å². The van der Waals surface area contributed by atoms with Gasteiger partial charge in [0.05, 0.1) is 6.07 Å². The van der Waals surface area contributed by atoms with Crippen molar-refractivity contribution in [2.75, 3.05) is 0 Å². The smallest absolute Gasteiger partial charge is 0.136 e. The van der Waals surface area contributed by atoms with Crippen LogP contribution in [0.15, 0.2) is 18.2 Å². The molecule has 0 aliphatic rings. The molecule has 0 aliphatic carbocycles. The Bertz CT molecular complexity index is 350. The summed E-state index contributed by atoms with van der Waals surface area (Å²) in [4.78, 5) is 4.03. The highest BCUT2D eigenvalue weighted by Gasteiger charge is 1.96. The van der Waals surface area contributed by atoms with Gasteiger partial charge in [-0.3, -0.25) is 0 Å². The Kier molecular flexibility index (Phi) is 2.84. The number of aryl methyl sites for hydroxylation is 1. The van der Waals surface area contributed by atoms with E-state index in [9.17, 15) is 0 Å². The van der Waals surface area contributed by atoms with Gasteiger partial charge in [0.1, 0.15) is 5.15 Å². The molecule has 0 amide bonds. The largest absolute Gasteiger partial charge is 0.241 e. The maximum Gasteiger partial charge on any atom is 0.136 e. The fourth-order valence-corrected chi connectivity index (χ4v) is 1.05. The Morgan fingerprint density at radius 1 is 1.58 bits per heavy atom. The van der Waals surface area contributed by atoms with E-state index in [-0.39, 0.29) is 0 Å². The Hall–Kier alpha value is -1.33. The Balaban J connectivity index is 3.03. The molecule has 0 radical (unpaired) electrons. The van der Waals surface area contributed by atoms with E-state index >= 15 is 0 Å². The standard InChI is InChI=1S/C9H7ClN2/c1-7-4-5-8(3-2-6-11)9(10)12-7/h2-5H,1H3. The summed E-state index contributed by atoms with van der Waals surface area (Å²) >= 11 is 5.79. The third-order valence-electron chi connectivity index (χ3n) is 1.35. The molecule has 1 aromatic rings. The lowest BCUT2D eigenvalue weighted by atomic mass is 10.2. The molecule has 3 heteroatoms. The number of hydrogen-bond acceptors (Lipinski definition) is 2. The molecule has 1 rings (SSSR count). The van der Waals surface area contributed by atoms with Gasteiger partial charge in [-0.15, -0.1) is 0 Å². The average Bonchev–Trinajstić information content (AvgIpc) is 2.03. The third-order valence-corrected chi connectivity index (χ3v) is 1.66. The minimum Gasteiger partial charge on any atom is -0.241 e. The summed E-state index contributed by atoms with van der Waals surface area (Å²) in [6.45, 7) is 1.86. The van der Waals surface area contributed by atoms with Gasteiger partial charge in [-0.25, -0.2) is 4.98 Å². The molecular formula is C9H7ClN2. The summed E-state index contributed by atoms with van der Waals surface area (Å²) in [5, 5.41) is 8.70. The molecule has 0 unspecified atom stereocenters. The Morgan fingerprint density at radius 2 is 2.33 bits per heavy atom. The molecule has 1 heterocycles. The van der Waals surface area contributed by atoms with Crippen LogP contribution in [0.25, 0.3) is 6.08 Å². The molecule has 60 valence electrons. The lowest BCUT2D eigenvalue weighted by Crippen LogP contribution is -1.83. The highest BCUT2D eigenvalue weighted by atomic mass is 35.5. The predicted molar refractivity (Wildman–Crippen MR) is 48.6 cm³/mol. The van der Waals surface area contributed by atoms with E-state index in [4.69, 9.17) is 16.9 Å². The van der Waals surface area contributed by atoms with E-state index in [1.54, 1.807) is 6.08 Å². The molecule has 0 N–H and O–H groups in total. The molecule has 2 nitrogen and oxygen atoms in total. The monoisotopic (exact) mass is 178 g/mol. The predicted octanol–water partition coefficient (Wildman–Crippen LogP) is 2.58. The van der Waals surface area contributed by atoms with Crippen LogP contribution in [0.3, 0.4) is 0 Å². The number of allylic oxidation sites excluding steroid dienone is 1. The van der Waals surface area contributed by atoms with Crippen molar-refractivity contribution in [3.63, 3.8) is 0 Å². The summed E-state index contributed by atoms with van der Waals surface area (Å²) in [7, 11) is 0. The van der Waals surface area contributed by atoms with Gasteiger partial charge in [0, 0.05) is 17.3 Å². The van der Waals surface area contributed by atoms with Crippen LogP contribution in [0.1, 0.15) is 11.3 Å². The van der Waals surface area contributed by atoms with Crippen LogP contribution in [0, 0.1) is 18.3 Å². The minimum absolute atomic E-state index is 0.432. The highest BCUT2D eigenvalue weighted by molar-refractivity contribution is 6.30. The van der Waals surface area contributed by atoms with Gasteiger partial charge in [-0.2, -0.15) is 5.26 Å². The van der Waals surface area contributed by atoms with Crippen LogP contribution < -0.4 is 0 Å². The van der Waals surface area contributed by atoms with Crippen LogP contribution in [0.2, 0.25) is 5.15 Å². The highest BCUT2D eigenvalue weighted by Crippen LogP contribution is 2.14. The van der Waals surface area contributed by atoms with Gasteiger partial charge in [0.25, 0.3) is 0 Å². The zero-order valence-corrected chi connectivity index (χ0v) is 7.34. The van der Waals surface area contributed by atoms with Gasteiger partial charge < -0.3 is 0 Å². The summed E-state index contributed by atoms with van der Waals surface area (Å²) in [5.74, 6) is 0. The van der Waals surface area contributed by atoms with Crippen molar-refractivity contribution in [3.05, 3.63) is 34.6 Å². The van der Waals surface area contributed by atoms with Crippen LogP contribution in [0.4, 0.5) is 0 Å². The minimum atomic E-state index is 0.432. The van der Waals surface area contributed by atoms with Gasteiger partial charge >= 0.3 is 0 Å². The molecule has 0 fully saturated rings. The normalized spacial score (nSPS) is 10.1. The second-order valence-electron chi connectivity index (χ2n) is 2.30. The summed E-state index contributed by atoms with van der Waals surface area (Å²) in [5.41, 5.74) is 1.64. The van der Waals surface area contributed by atoms with Crippen molar-refractivity contribution < 1.29 is 0 Å². The quantitative estimate of drug-likeness (QED) is 0.490. The molecule has 0 aromatic carbocycles. The average molecular weight is 179 g/mol. The zero-order valence-electron chi connectivity index (χ0n) is 6.58. The second-order valence-corrected chi connectivity index (χ2v) is 2.65. The molecule has 1 aromatic heterocycles. The van der Waals surface area contributed by atoms with E-state index in [1.165, 1.54) is 6.08 Å². The fourth-order valence-electron chi connectivity index (χ4n) is 0.787. The summed E-state index contributed by atoms with van der Waals surface area (Å²) in [6, 6.07) is 5.57. The topological polar surface area (TPSA) is 36.7 Å². The van der Waals surface area contributed by atoms with Gasteiger partial charge in [0.15, 0.2) is 0 Å². The van der Waals surface area contributed by atoms with Crippen molar-refractivity contribution in [3.8, 4) is 6.07 Å². The van der Waals surface area contributed by atoms with Crippen molar-refractivity contribution in [1.29, 1.82) is 5.26 Å². The van der Waals surface area contributed by atoms with E-state index in [1.807, 2.05) is 25.1 Å². The van der Waals surface area contributed by atoms with Gasteiger partial charge in [-0.1, -0.05) is 17.7 Å². The van der Waals surface area contributed by atoms with E-state index < -0.39 is 0 Å². The molecule has 0 bridgehead atoms. The Morgan fingerprint density at radius 3 is 2.92 bits per heavy atom. The van der Waals surface area contributed by atoms with Crippen molar-refractivity contribution in [2.45, 2.75) is 6.92 Å². The number of rotatable bonds is 1. The molecule has 12 heavy (non-hydrogen) atoms. The Labute approximate surface area is 76.1 Å². The first kappa shape index (κ1) is 8.76. The van der Waals surface area contributed by atoms with Crippen LogP contribution >= 0.6 is 11.6 Å². The SMILES string of the molecule is Cc1ccc(C=CC#N)c(Cl)n1. The molecule has 0 saturated carbocycles. The first-order valence-corrected chi connectivity index (χ1v) is 3.81. The number of nitriles is 1. The molecule has 0 spiro atoms. The summed E-state index contributed by atoms with van der Waals surface area (Å²) in [6.07, 6.45) is 3.01. The number of halogens is 1. The first-order valence-electron chi connectivity index (χ1n) is 3.43. The van der Waals surface area contributed by atoms with E-state index in [2.05, 4.69) is 4.98 Å². The van der Waals surface area contributed by atoms with Crippen molar-refractivity contribution >= 4 is 17.7 Å². The molecule has 0 atom stereocenters. The van der Waals surface area contributed by atoms with Crippen LogP contribution in [-0.4, -0.2) is 4.98 Å². The number of aromatic nitrogens is 1. The van der Waals surface area contributed by atoms with Crippen molar-refractivity contribution in [2.24, 2.45) is 0 Å². The maximum absolute atomic E-state index is 8.27. The van der Waals surface area contributed by atoms with Gasteiger partial charge in [0.2, 0.25) is 0 Å². The maximum atomic E-state index is 8.27. The number of pyridine rings is 1. The zero-order chi connectivity index (χ0) is 8.97. The molecule has 0 aliphatic heterocycles. The molecular weight excluding hydrogens is 172 g/mol.